The summed E-state index contributed by atoms with van der Waals surface area (Å²) in [6.07, 6.45) is 0. The minimum absolute atomic E-state index is 0.558. The second-order valence-electron chi connectivity index (χ2n) is 4.16. The maximum absolute atomic E-state index is 5.84. The average molecular weight is 385 g/mol. The Kier molecular flexibility index (Phi) is 5.43. The molecule has 0 radical (unpaired) electrons. The normalized spacial score (nSPS) is 10.5. The molecule has 19 heavy (non-hydrogen) atoms. The number of nitrogens with one attached hydrogen (secondary N) is 1. The fraction of sp³-hybridized carbons (Fsp3) is 0.200. The van der Waals surface area contributed by atoms with Gasteiger partial charge in [-0.25, -0.2) is 0 Å². The first-order valence-corrected chi connectivity index (χ1v) is 7.58. The Bertz CT molecular complexity index is 558. The second-order valence-corrected chi connectivity index (χ2v) is 5.87. The Hall–Kier alpha value is -0.840. The third-order valence-electron chi connectivity index (χ3n) is 2.74. The lowest BCUT2D eigenvalue weighted by Gasteiger charge is -2.10. The van der Waals surface area contributed by atoms with Crippen LogP contribution in [0.25, 0.3) is 0 Å². The van der Waals surface area contributed by atoms with E-state index in [0.717, 1.165) is 26.8 Å². The topological polar surface area (TPSA) is 21.3 Å². The Balaban J connectivity index is 2.07. The molecule has 0 atom stereocenters. The van der Waals surface area contributed by atoms with Gasteiger partial charge in [0.1, 0.15) is 12.4 Å². The van der Waals surface area contributed by atoms with Crippen LogP contribution in [0.5, 0.6) is 5.75 Å². The molecule has 100 valence electrons. The molecule has 0 aliphatic rings. The molecule has 0 aliphatic heterocycles. The first-order chi connectivity index (χ1) is 9.20. The van der Waals surface area contributed by atoms with Gasteiger partial charge in [0.25, 0.3) is 0 Å². The van der Waals surface area contributed by atoms with E-state index in [1.807, 2.05) is 37.4 Å². The molecule has 0 amide bonds. The smallest absolute Gasteiger partial charge is 0.120 e. The molecule has 0 spiro atoms. The van der Waals surface area contributed by atoms with Crippen LogP contribution in [0.3, 0.4) is 0 Å². The van der Waals surface area contributed by atoms with Gasteiger partial charge >= 0.3 is 0 Å². The number of benzene rings is 2. The van der Waals surface area contributed by atoms with Crippen LogP contribution in [0.4, 0.5) is 0 Å². The van der Waals surface area contributed by atoms with Gasteiger partial charge in [0, 0.05) is 21.1 Å². The van der Waals surface area contributed by atoms with E-state index in [4.69, 9.17) is 4.74 Å². The molecule has 0 saturated carbocycles. The third kappa shape index (κ3) is 4.06. The molecule has 2 aromatic carbocycles. The van der Waals surface area contributed by atoms with E-state index in [9.17, 15) is 0 Å². The highest BCUT2D eigenvalue weighted by atomic mass is 79.9. The monoisotopic (exact) mass is 383 g/mol. The molecule has 2 nitrogen and oxygen atoms in total. The first kappa shape index (κ1) is 14.6. The highest BCUT2D eigenvalue weighted by molar-refractivity contribution is 9.10. The molecule has 0 saturated heterocycles. The van der Waals surface area contributed by atoms with Crippen LogP contribution in [0.15, 0.2) is 51.4 Å². The number of hydrogen-bond donors (Lipinski definition) is 1. The lowest BCUT2D eigenvalue weighted by Crippen LogP contribution is -2.06. The van der Waals surface area contributed by atoms with Crippen LogP contribution in [0.1, 0.15) is 11.1 Å². The van der Waals surface area contributed by atoms with Crippen molar-refractivity contribution < 1.29 is 4.74 Å². The molecule has 1 N–H and O–H groups in total. The molecule has 0 aromatic heterocycles. The van der Waals surface area contributed by atoms with Crippen molar-refractivity contribution in [2.24, 2.45) is 0 Å². The molecule has 0 unspecified atom stereocenters. The van der Waals surface area contributed by atoms with Crippen molar-refractivity contribution in [3.8, 4) is 5.75 Å². The summed E-state index contributed by atoms with van der Waals surface area (Å²) in [5.41, 5.74) is 2.33. The highest BCUT2D eigenvalue weighted by Crippen LogP contribution is 2.24. The van der Waals surface area contributed by atoms with Crippen molar-refractivity contribution in [2.75, 3.05) is 7.05 Å². The Morgan fingerprint density at radius 3 is 2.47 bits per heavy atom. The van der Waals surface area contributed by atoms with Gasteiger partial charge in [-0.3, -0.25) is 0 Å². The molecule has 0 bridgehead atoms. The predicted octanol–water partition coefficient (Wildman–Crippen LogP) is 4.51. The van der Waals surface area contributed by atoms with E-state index < -0.39 is 0 Å². The Labute approximate surface area is 130 Å². The van der Waals surface area contributed by atoms with Crippen molar-refractivity contribution in [1.29, 1.82) is 0 Å². The molecular weight excluding hydrogens is 370 g/mol. The van der Waals surface area contributed by atoms with E-state index in [1.165, 1.54) is 5.56 Å². The zero-order chi connectivity index (χ0) is 13.7. The number of halogens is 2. The highest BCUT2D eigenvalue weighted by Gasteiger charge is 2.03. The fourth-order valence-electron chi connectivity index (χ4n) is 1.74. The molecule has 0 heterocycles. The summed E-state index contributed by atoms with van der Waals surface area (Å²) in [5.74, 6) is 0.879. The average Bonchev–Trinajstić information content (AvgIpc) is 2.41. The van der Waals surface area contributed by atoms with Crippen molar-refractivity contribution in [3.05, 3.63) is 62.5 Å². The van der Waals surface area contributed by atoms with Gasteiger partial charge in [0.2, 0.25) is 0 Å². The Morgan fingerprint density at radius 1 is 1.00 bits per heavy atom. The van der Waals surface area contributed by atoms with E-state index >= 15 is 0 Å². The van der Waals surface area contributed by atoms with Crippen LogP contribution in [-0.2, 0) is 13.2 Å². The lowest BCUT2D eigenvalue weighted by molar-refractivity contribution is 0.305. The summed E-state index contributed by atoms with van der Waals surface area (Å²) < 4.78 is 8.00. The van der Waals surface area contributed by atoms with Crippen LogP contribution in [-0.4, -0.2) is 7.05 Å². The molecule has 2 rings (SSSR count). The van der Waals surface area contributed by atoms with Crippen LogP contribution >= 0.6 is 31.9 Å². The maximum Gasteiger partial charge on any atom is 0.120 e. The minimum Gasteiger partial charge on any atom is -0.489 e. The molecule has 2 aromatic rings. The first-order valence-electron chi connectivity index (χ1n) is 6.00. The molecule has 0 fully saturated rings. The van der Waals surface area contributed by atoms with Crippen LogP contribution < -0.4 is 10.1 Å². The van der Waals surface area contributed by atoms with Crippen LogP contribution in [0.2, 0.25) is 0 Å². The van der Waals surface area contributed by atoms with Crippen molar-refractivity contribution in [3.63, 3.8) is 0 Å². The second kappa shape index (κ2) is 7.08. The maximum atomic E-state index is 5.84. The Morgan fingerprint density at radius 2 is 1.74 bits per heavy atom. The zero-order valence-electron chi connectivity index (χ0n) is 10.6. The standard InChI is InChI=1S/C15H15Br2NO/c1-18-9-12-8-13(6-7-15(12)17)19-10-11-4-2-3-5-14(11)16/h2-8,18H,9-10H2,1H3. The van der Waals surface area contributed by atoms with Gasteiger partial charge in [-0.05, 0) is 36.9 Å². The van der Waals surface area contributed by atoms with Gasteiger partial charge in [-0.1, -0.05) is 50.1 Å². The summed E-state index contributed by atoms with van der Waals surface area (Å²) in [6.45, 7) is 1.37. The minimum atomic E-state index is 0.558. The summed E-state index contributed by atoms with van der Waals surface area (Å²) in [7, 11) is 1.93. The zero-order valence-corrected chi connectivity index (χ0v) is 13.8. The van der Waals surface area contributed by atoms with E-state index in [0.29, 0.717) is 6.61 Å². The predicted molar refractivity (Wildman–Crippen MR) is 85.4 cm³/mol. The number of hydrogen-bond acceptors (Lipinski definition) is 2. The van der Waals surface area contributed by atoms with Gasteiger partial charge in [-0.2, -0.15) is 0 Å². The molecule has 0 aliphatic carbocycles. The molecular formula is C15H15Br2NO. The van der Waals surface area contributed by atoms with Gasteiger partial charge in [-0.15, -0.1) is 0 Å². The quantitative estimate of drug-likeness (QED) is 0.818. The summed E-state index contributed by atoms with van der Waals surface area (Å²) in [6, 6.07) is 14.1. The van der Waals surface area contributed by atoms with E-state index in [2.05, 4.69) is 49.3 Å². The van der Waals surface area contributed by atoms with Gasteiger partial charge in [0.05, 0.1) is 0 Å². The van der Waals surface area contributed by atoms with Crippen molar-refractivity contribution >= 4 is 31.9 Å². The SMILES string of the molecule is CNCc1cc(OCc2ccccc2Br)ccc1Br. The summed E-state index contributed by atoms with van der Waals surface area (Å²) >= 11 is 7.06. The lowest BCUT2D eigenvalue weighted by atomic mass is 10.2. The van der Waals surface area contributed by atoms with Gasteiger partial charge < -0.3 is 10.1 Å². The summed E-state index contributed by atoms with van der Waals surface area (Å²) in [4.78, 5) is 0. The largest absolute Gasteiger partial charge is 0.489 e. The summed E-state index contributed by atoms with van der Waals surface area (Å²) in [5, 5.41) is 3.14. The third-order valence-corrected chi connectivity index (χ3v) is 4.28. The fourth-order valence-corrected chi connectivity index (χ4v) is 2.53. The van der Waals surface area contributed by atoms with E-state index in [-0.39, 0.29) is 0 Å². The molecule has 4 heteroatoms. The van der Waals surface area contributed by atoms with Crippen molar-refractivity contribution in [2.45, 2.75) is 13.2 Å². The van der Waals surface area contributed by atoms with Crippen LogP contribution in [0, 0.1) is 0 Å². The van der Waals surface area contributed by atoms with E-state index in [1.54, 1.807) is 0 Å². The van der Waals surface area contributed by atoms with Crippen molar-refractivity contribution in [1.82, 2.24) is 5.32 Å². The number of ether oxygens (including phenoxy) is 1. The number of rotatable bonds is 5. The van der Waals surface area contributed by atoms with Gasteiger partial charge in [0.15, 0.2) is 0 Å².